The molecule has 1 aliphatic rings. The number of carboxylic acid groups (broad SMARTS) is 1. The Labute approximate surface area is 272 Å². The van der Waals surface area contributed by atoms with Gasteiger partial charge in [-0.15, -0.1) is 12.4 Å². The van der Waals surface area contributed by atoms with E-state index >= 15 is 0 Å². The highest BCUT2D eigenvalue weighted by molar-refractivity contribution is 5.85. The summed E-state index contributed by atoms with van der Waals surface area (Å²) >= 11 is 0. The number of methoxy groups -OCH3 is 1. The van der Waals surface area contributed by atoms with Gasteiger partial charge in [0.25, 0.3) is 0 Å². The Hall–Kier alpha value is -2.15. The number of benzene rings is 2. The maximum Gasteiger partial charge on any atom is 0.333 e. The van der Waals surface area contributed by atoms with E-state index < -0.39 is 17.5 Å². The van der Waals surface area contributed by atoms with Gasteiger partial charge in [-0.2, -0.15) is 0 Å². The monoisotopic (exact) mass is 633 g/mol. The van der Waals surface area contributed by atoms with Crippen LogP contribution in [-0.4, -0.2) is 44.0 Å². The molecule has 3 unspecified atom stereocenters. The van der Waals surface area contributed by atoms with Crippen LogP contribution in [0.3, 0.4) is 0 Å². The molecular formula is C37H57ClFNO4. The molecule has 0 aromatic heterocycles. The van der Waals surface area contributed by atoms with Gasteiger partial charge in [-0.05, 0) is 104 Å². The van der Waals surface area contributed by atoms with E-state index in [1.54, 1.807) is 12.1 Å². The number of halogens is 2. The number of nitrogens with one attached hydrogen (secondary N) is 1. The molecule has 0 saturated carbocycles. The van der Waals surface area contributed by atoms with Crippen LogP contribution < -0.4 is 10.1 Å². The topological polar surface area (TPSA) is 67.8 Å². The normalized spacial score (nSPS) is 18.5. The largest absolute Gasteiger partial charge is 0.494 e. The van der Waals surface area contributed by atoms with Crippen LogP contribution in [0.2, 0.25) is 0 Å². The molecule has 0 saturated heterocycles. The van der Waals surface area contributed by atoms with Crippen molar-refractivity contribution in [3.05, 3.63) is 65.0 Å². The van der Waals surface area contributed by atoms with Gasteiger partial charge in [0.05, 0.1) is 6.61 Å². The van der Waals surface area contributed by atoms with E-state index in [0.29, 0.717) is 0 Å². The predicted octanol–water partition coefficient (Wildman–Crippen LogP) is 8.94. The number of ether oxygens (including phenoxy) is 2. The second kappa shape index (κ2) is 20.1. The third-order valence-electron chi connectivity index (χ3n) is 9.50. The molecule has 248 valence electrons. The molecule has 7 heteroatoms. The molecule has 2 aromatic carbocycles. The maximum absolute atomic E-state index is 14.1. The fourth-order valence-corrected chi connectivity index (χ4v) is 7.30. The Morgan fingerprint density at radius 1 is 1.00 bits per heavy atom. The number of hydrogen-bond donors (Lipinski definition) is 2. The minimum absolute atomic E-state index is 0. The molecule has 5 nitrogen and oxygen atoms in total. The fraction of sp³-hybridized carbons (Fsp3) is 0.649. The summed E-state index contributed by atoms with van der Waals surface area (Å²) in [4.78, 5) is 12.4. The number of aryl methyl sites for hydroxylation is 2. The van der Waals surface area contributed by atoms with Crippen molar-refractivity contribution in [3.63, 3.8) is 0 Å². The number of hydrogen-bond acceptors (Lipinski definition) is 4. The Morgan fingerprint density at radius 2 is 1.68 bits per heavy atom. The van der Waals surface area contributed by atoms with Gasteiger partial charge in [0, 0.05) is 12.5 Å². The number of fused-ring (bicyclic) bond motifs is 1. The molecule has 2 aromatic rings. The molecule has 0 spiro atoms. The van der Waals surface area contributed by atoms with Gasteiger partial charge in [0.2, 0.25) is 0 Å². The highest BCUT2D eigenvalue weighted by Crippen LogP contribution is 2.51. The lowest BCUT2D eigenvalue weighted by molar-refractivity contribution is -0.158. The van der Waals surface area contributed by atoms with Crippen LogP contribution in [0.15, 0.2) is 42.5 Å². The van der Waals surface area contributed by atoms with Crippen LogP contribution >= 0.6 is 12.4 Å². The summed E-state index contributed by atoms with van der Waals surface area (Å²) in [5.74, 6) is -0.170. The quantitative estimate of drug-likeness (QED) is 0.134. The Morgan fingerprint density at radius 3 is 2.32 bits per heavy atom. The van der Waals surface area contributed by atoms with Gasteiger partial charge >= 0.3 is 5.97 Å². The highest BCUT2D eigenvalue weighted by Gasteiger charge is 2.54. The lowest BCUT2D eigenvalue weighted by Crippen LogP contribution is -2.56. The molecule has 1 aliphatic carbocycles. The molecule has 0 fully saturated rings. The number of unbranched alkanes of at least 4 members (excludes halogenated alkanes) is 7. The molecule has 0 radical (unpaired) electrons. The average molecular weight is 634 g/mol. The first-order valence-corrected chi connectivity index (χ1v) is 16.8. The Kier molecular flexibility index (Phi) is 17.4. The summed E-state index contributed by atoms with van der Waals surface area (Å²) in [7, 11) is 1.48. The highest BCUT2D eigenvalue weighted by atomic mass is 35.5. The lowest BCUT2D eigenvalue weighted by atomic mass is 9.54. The van der Waals surface area contributed by atoms with Crippen molar-refractivity contribution in [2.75, 3.05) is 26.8 Å². The second-order valence-electron chi connectivity index (χ2n) is 12.7. The van der Waals surface area contributed by atoms with Crippen molar-refractivity contribution in [1.29, 1.82) is 0 Å². The van der Waals surface area contributed by atoms with Crippen molar-refractivity contribution in [3.8, 4) is 5.75 Å². The third kappa shape index (κ3) is 10.5. The minimum Gasteiger partial charge on any atom is -0.494 e. The third-order valence-corrected chi connectivity index (χ3v) is 9.50. The molecule has 0 aliphatic heterocycles. The van der Waals surface area contributed by atoms with Crippen molar-refractivity contribution in [1.82, 2.24) is 5.32 Å². The van der Waals surface area contributed by atoms with Crippen LogP contribution in [0.1, 0.15) is 108 Å². The first kappa shape index (κ1) is 38.0. The zero-order valence-corrected chi connectivity index (χ0v) is 28.4. The predicted molar refractivity (Wildman–Crippen MR) is 181 cm³/mol. The van der Waals surface area contributed by atoms with E-state index in [4.69, 9.17) is 9.47 Å². The molecule has 2 N–H and O–H groups in total. The van der Waals surface area contributed by atoms with E-state index in [1.807, 2.05) is 0 Å². The van der Waals surface area contributed by atoms with Crippen LogP contribution in [0, 0.1) is 17.7 Å². The number of aliphatic carboxylic acids is 1. The van der Waals surface area contributed by atoms with Gasteiger partial charge in [-0.3, -0.25) is 0 Å². The van der Waals surface area contributed by atoms with Gasteiger partial charge in [0.15, 0.2) is 6.10 Å². The minimum atomic E-state index is -0.991. The van der Waals surface area contributed by atoms with Crippen LogP contribution in [0.5, 0.6) is 5.75 Å². The van der Waals surface area contributed by atoms with E-state index in [0.717, 1.165) is 75.1 Å². The second-order valence-corrected chi connectivity index (χ2v) is 12.7. The number of carboxylic acids is 1. The van der Waals surface area contributed by atoms with Crippen LogP contribution in [-0.2, 0) is 27.8 Å². The van der Waals surface area contributed by atoms with Gasteiger partial charge in [0.1, 0.15) is 11.6 Å². The molecule has 3 atom stereocenters. The summed E-state index contributed by atoms with van der Waals surface area (Å²) in [6, 6.07) is 13.3. The summed E-state index contributed by atoms with van der Waals surface area (Å²) < 4.78 is 25.7. The Balaban J connectivity index is 0.00000675. The number of rotatable bonds is 21. The SMILES string of the molecule is CCCCCCCCCCOc1ccc(CCCNCCC2CCc3cc(F)ccc3C2(C(C)C)C(OC)C(=O)O)cc1.Cl. The first-order valence-electron chi connectivity index (χ1n) is 16.8. The zero-order chi connectivity index (χ0) is 31.1. The van der Waals surface area contributed by atoms with Crippen molar-refractivity contribution in [2.45, 2.75) is 116 Å². The number of carbonyl (C=O) groups is 1. The molecule has 0 bridgehead atoms. The smallest absolute Gasteiger partial charge is 0.333 e. The first-order chi connectivity index (χ1) is 20.8. The van der Waals surface area contributed by atoms with Crippen molar-refractivity contribution in [2.24, 2.45) is 11.8 Å². The standard InChI is InChI=1S/C37H56FNO4.ClH/c1-5-6-7-8-9-10-11-12-26-43-33-20-15-29(16-21-33)14-13-24-39-25-23-31-18-17-30-27-32(38)19-22-34(30)37(31,28(2)3)35(42-4)36(40)41;/h15-16,19-22,27-28,31,35,39H,5-14,17-18,23-26H2,1-4H3,(H,40,41);1H. The van der Waals surface area contributed by atoms with Gasteiger partial charge in [-0.25, -0.2) is 9.18 Å². The van der Waals surface area contributed by atoms with Crippen molar-refractivity contribution < 1.29 is 23.8 Å². The summed E-state index contributed by atoms with van der Waals surface area (Å²) in [5.41, 5.74) is 2.42. The van der Waals surface area contributed by atoms with E-state index in [9.17, 15) is 14.3 Å². The lowest BCUT2D eigenvalue weighted by Gasteiger charge is -2.51. The van der Waals surface area contributed by atoms with Gasteiger partial charge < -0.3 is 19.9 Å². The summed E-state index contributed by atoms with van der Waals surface area (Å²) in [6.07, 6.45) is 13.9. The molecular weight excluding hydrogens is 577 g/mol. The molecule has 0 amide bonds. The zero-order valence-electron chi connectivity index (χ0n) is 27.5. The Bertz CT molecular complexity index is 1100. The van der Waals surface area contributed by atoms with Gasteiger partial charge in [-0.1, -0.05) is 83.9 Å². The maximum atomic E-state index is 14.1. The molecule has 44 heavy (non-hydrogen) atoms. The molecule has 3 rings (SSSR count). The van der Waals surface area contributed by atoms with Crippen LogP contribution in [0.25, 0.3) is 0 Å². The van der Waals surface area contributed by atoms with E-state index in [1.165, 1.54) is 63.7 Å². The molecule has 0 heterocycles. The average Bonchev–Trinajstić information content (AvgIpc) is 2.99. The van der Waals surface area contributed by atoms with E-state index in [2.05, 4.69) is 50.4 Å². The van der Waals surface area contributed by atoms with Crippen molar-refractivity contribution >= 4 is 18.4 Å². The summed E-state index contributed by atoms with van der Waals surface area (Å²) in [6.45, 7) is 8.89. The van der Waals surface area contributed by atoms with Crippen LogP contribution in [0.4, 0.5) is 4.39 Å². The van der Waals surface area contributed by atoms with E-state index in [-0.39, 0.29) is 30.1 Å². The summed E-state index contributed by atoms with van der Waals surface area (Å²) in [5, 5.41) is 13.8. The fourth-order valence-electron chi connectivity index (χ4n) is 7.30.